The minimum Gasteiger partial charge on any atom is -0.329 e. The predicted octanol–water partition coefficient (Wildman–Crippen LogP) is 2.63. The number of hydrogen-bond donors (Lipinski definition) is 1. The molecule has 2 rings (SSSR count). The van der Waals surface area contributed by atoms with Gasteiger partial charge in [-0.2, -0.15) is 0 Å². The van der Waals surface area contributed by atoms with Crippen molar-refractivity contribution in [1.29, 1.82) is 0 Å². The molecule has 2 fully saturated rings. The van der Waals surface area contributed by atoms with E-state index >= 15 is 0 Å². The maximum Gasteiger partial charge on any atom is 0.0331 e. The van der Waals surface area contributed by atoms with Crippen molar-refractivity contribution in [3.63, 3.8) is 0 Å². The van der Waals surface area contributed by atoms with Gasteiger partial charge in [-0.1, -0.05) is 13.8 Å². The van der Waals surface area contributed by atoms with Crippen molar-refractivity contribution in [2.45, 2.75) is 58.4 Å². The zero-order chi connectivity index (χ0) is 11.8. The molecule has 0 aromatic heterocycles. The van der Waals surface area contributed by atoms with Crippen LogP contribution < -0.4 is 5.73 Å². The molecule has 0 radical (unpaired) electrons. The lowest BCUT2D eigenvalue weighted by Crippen LogP contribution is -2.53. The fraction of sp³-hybridized carbons (Fsp3) is 1.00. The Morgan fingerprint density at radius 3 is 2.31 bits per heavy atom. The van der Waals surface area contributed by atoms with Crippen LogP contribution in [0.4, 0.5) is 0 Å². The van der Waals surface area contributed by atoms with Gasteiger partial charge in [0.15, 0.2) is 0 Å². The molecule has 1 unspecified atom stereocenters. The van der Waals surface area contributed by atoms with Gasteiger partial charge in [0.05, 0.1) is 0 Å². The number of nitrogens with zero attached hydrogens (tertiary/aromatic N) is 1. The van der Waals surface area contributed by atoms with Crippen LogP contribution in [0.25, 0.3) is 0 Å². The molecule has 1 saturated carbocycles. The Hall–Kier alpha value is -0.0800. The molecule has 2 nitrogen and oxygen atoms in total. The van der Waals surface area contributed by atoms with Crippen molar-refractivity contribution in [3.05, 3.63) is 0 Å². The first-order valence-corrected chi connectivity index (χ1v) is 7.05. The van der Waals surface area contributed by atoms with Crippen LogP contribution in [0.15, 0.2) is 0 Å². The van der Waals surface area contributed by atoms with Gasteiger partial charge in [-0.05, 0) is 56.9 Å². The molecular weight excluding hydrogens is 196 g/mol. The lowest BCUT2D eigenvalue weighted by molar-refractivity contribution is 0.0984. The second-order valence-corrected chi connectivity index (χ2v) is 6.21. The zero-order valence-electron chi connectivity index (χ0n) is 11.3. The van der Waals surface area contributed by atoms with Crippen molar-refractivity contribution >= 4 is 0 Å². The average molecular weight is 224 g/mol. The van der Waals surface area contributed by atoms with Gasteiger partial charge in [0, 0.05) is 18.6 Å². The lowest BCUT2D eigenvalue weighted by Gasteiger charge is -2.40. The van der Waals surface area contributed by atoms with Crippen molar-refractivity contribution < 1.29 is 0 Å². The molecule has 1 aliphatic carbocycles. The van der Waals surface area contributed by atoms with E-state index in [0.29, 0.717) is 11.0 Å². The lowest BCUT2D eigenvalue weighted by atomic mass is 9.81. The Kier molecular flexibility index (Phi) is 3.33. The summed E-state index contributed by atoms with van der Waals surface area (Å²) in [6.07, 6.45) is 6.82. The van der Waals surface area contributed by atoms with Crippen LogP contribution >= 0.6 is 0 Å². The van der Waals surface area contributed by atoms with E-state index in [-0.39, 0.29) is 0 Å². The monoisotopic (exact) mass is 224 g/mol. The molecule has 1 atom stereocenters. The molecule has 2 aliphatic rings. The highest BCUT2D eigenvalue weighted by Crippen LogP contribution is 2.47. The van der Waals surface area contributed by atoms with Crippen LogP contribution in [0.5, 0.6) is 0 Å². The number of nitrogens with two attached hydrogens (primary N) is 1. The molecule has 94 valence electrons. The largest absolute Gasteiger partial charge is 0.329 e. The minimum absolute atomic E-state index is 0.298. The SMILES string of the molecule is CCC1(CC)CCN(C(C)(CN)C2CC2)C1. The molecule has 0 amide bonds. The quantitative estimate of drug-likeness (QED) is 0.778. The average Bonchev–Trinajstić information content (AvgIpc) is 3.08. The van der Waals surface area contributed by atoms with Gasteiger partial charge in [0.2, 0.25) is 0 Å². The Morgan fingerprint density at radius 2 is 1.94 bits per heavy atom. The minimum atomic E-state index is 0.298. The Labute approximate surface area is 101 Å². The van der Waals surface area contributed by atoms with E-state index in [1.165, 1.54) is 45.2 Å². The maximum atomic E-state index is 6.06. The fourth-order valence-corrected chi connectivity index (χ4v) is 3.46. The molecule has 16 heavy (non-hydrogen) atoms. The van der Waals surface area contributed by atoms with Gasteiger partial charge in [-0.3, -0.25) is 4.90 Å². The van der Waals surface area contributed by atoms with Crippen LogP contribution in [-0.4, -0.2) is 30.1 Å². The molecule has 0 aromatic rings. The number of rotatable bonds is 5. The highest BCUT2D eigenvalue weighted by molar-refractivity contribution is 5.04. The van der Waals surface area contributed by atoms with Gasteiger partial charge in [-0.25, -0.2) is 0 Å². The summed E-state index contributed by atoms with van der Waals surface area (Å²) < 4.78 is 0. The third-order valence-electron chi connectivity index (χ3n) is 5.53. The molecular formula is C14H28N2. The van der Waals surface area contributed by atoms with Gasteiger partial charge >= 0.3 is 0 Å². The van der Waals surface area contributed by atoms with Gasteiger partial charge in [-0.15, -0.1) is 0 Å². The van der Waals surface area contributed by atoms with E-state index in [2.05, 4.69) is 25.7 Å². The first kappa shape index (κ1) is 12.4. The molecule has 2 heteroatoms. The highest BCUT2D eigenvalue weighted by Gasteiger charge is 2.49. The normalized spacial score (nSPS) is 29.2. The fourth-order valence-electron chi connectivity index (χ4n) is 3.46. The summed E-state index contributed by atoms with van der Waals surface area (Å²) >= 11 is 0. The zero-order valence-corrected chi connectivity index (χ0v) is 11.3. The molecule has 0 bridgehead atoms. The van der Waals surface area contributed by atoms with Crippen molar-refractivity contribution in [1.82, 2.24) is 4.90 Å². The Morgan fingerprint density at radius 1 is 1.31 bits per heavy atom. The molecule has 1 heterocycles. The molecule has 0 spiro atoms. The van der Waals surface area contributed by atoms with Gasteiger partial charge in [0.1, 0.15) is 0 Å². The summed E-state index contributed by atoms with van der Waals surface area (Å²) in [5.41, 5.74) is 6.94. The summed E-state index contributed by atoms with van der Waals surface area (Å²) in [5, 5.41) is 0. The summed E-state index contributed by atoms with van der Waals surface area (Å²) in [5.74, 6) is 0.877. The van der Waals surface area contributed by atoms with Crippen molar-refractivity contribution in [2.24, 2.45) is 17.1 Å². The van der Waals surface area contributed by atoms with Crippen molar-refractivity contribution in [2.75, 3.05) is 19.6 Å². The molecule has 0 aromatic carbocycles. The maximum absolute atomic E-state index is 6.06. The molecule has 1 aliphatic heterocycles. The van der Waals surface area contributed by atoms with E-state index in [9.17, 15) is 0 Å². The van der Waals surface area contributed by atoms with E-state index in [4.69, 9.17) is 5.73 Å². The number of likely N-dealkylation sites (tertiary alicyclic amines) is 1. The van der Waals surface area contributed by atoms with Gasteiger partial charge in [0.25, 0.3) is 0 Å². The van der Waals surface area contributed by atoms with Crippen LogP contribution in [0.1, 0.15) is 52.9 Å². The van der Waals surface area contributed by atoms with Gasteiger partial charge < -0.3 is 5.73 Å². The summed E-state index contributed by atoms with van der Waals surface area (Å²) in [7, 11) is 0. The second-order valence-electron chi connectivity index (χ2n) is 6.21. The summed E-state index contributed by atoms with van der Waals surface area (Å²) in [4.78, 5) is 2.71. The van der Waals surface area contributed by atoms with Crippen LogP contribution in [0, 0.1) is 11.3 Å². The van der Waals surface area contributed by atoms with E-state index in [1.807, 2.05) is 0 Å². The summed E-state index contributed by atoms with van der Waals surface area (Å²) in [6, 6.07) is 0. The Bertz CT molecular complexity index is 243. The molecule has 1 saturated heterocycles. The highest BCUT2D eigenvalue weighted by atomic mass is 15.2. The van der Waals surface area contributed by atoms with E-state index in [1.54, 1.807) is 0 Å². The van der Waals surface area contributed by atoms with E-state index in [0.717, 1.165) is 12.5 Å². The first-order valence-electron chi connectivity index (χ1n) is 7.05. The standard InChI is InChI=1S/C14H28N2/c1-4-14(5-2)8-9-16(11-14)13(3,10-15)12-6-7-12/h12H,4-11,15H2,1-3H3. The Balaban J connectivity index is 2.06. The third-order valence-corrected chi connectivity index (χ3v) is 5.53. The smallest absolute Gasteiger partial charge is 0.0331 e. The van der Waals surface area contributed by atoms with Crippen LogP contribution in [0.3, 0.4) is 0 Å². The topological polar surface area (TPSA) is 29.3 Å². The predicted molar refractivity (Wildman–Crippen MR) is 69.4 cm³/mol. The van der Waals surface area contributed by atoms with Crippen LogP contribution in [0.2, 0.25) is 0 Å². The third kappa shape index (κ3) is 1.91. The van der Waals surface area contributed by atoms with Crippen LogP contribution in [-0.2, 0) is 0 Å². The molecule has 2 N–H and O–H groups in total. The van der Waals surface area contributed by atoms with E-state index < -0.39 is 0 Å². The number of hydrogen-bond acceptors (Lipinski definition) is 2. The second kappa shape index (κ2) is 4.30. The summed E-state index contributed by atoms with van der Waals surface area (Å²) in [6.45, 7) is 10.5. The first-order chi connectivity index (χ1) is 7.60. The van der Waals surface area contributed by atoms with Crippen molar-refractivity contribution in [3.8, 4) is 0 Å².